The number of rotatable bonds is 4. The van der Waals surface area contributed by atoms with Crippen LogP contribution in [0.25, 0.3) is 0 Å². The van der Waals surface area contributed by atoms with Crippen molar-refractivity contribution in [3.63, 3.8) is 0 Å². The van der Waals surface area contributed by atoms with Crippen molar-refractivity contribution in [1.82, 2.24) is 10.2 Å². The van der Waals surface area contributed by atoms with Crippen LogP contribution in [0.15, 0.2) is 18.2 Å². The van der Waals surface area contributed by atoms with E-state index in [0.29, 0.717) is 19.0 Å². The Balaban J connectivity index is 1.94. The molecule has 0 unspecified atom stereocenters. The topological polar surface area (TPSA) is 32.3 Å². The minimum atomic E-state index is -0.787. The summed E-state index contributed by atoms with van der Waals surface area (Å²) in [5.74, 6) is -1.23. The van der Waals surface area contributed by atoms with Crippen LogP contribution in [0.1, 0.15) is 30.1 Å². The molecule has 3 nitrogen and oxygen atoms in total. The van der Waals surface area contributed by atoms with Crippen LogP contribution in [0.5, 0.6) is 0 Å². The number of hydrogen-bond donors (Lipinski definition) is 1. The third-order valence-corrected chi connectivity index (χ3v) is 3.75. The number of amides is 1. The van der Waals surface area contributed by atoms with Gasteiger partial charge in [0.05, 0.1) is 5.56 Å². The second kappa shape index (κ2) is 6.79. The van der Waals surface area contributed by atoms with Gasteiger partial charge >= 0.3 is 0 Å². The average Bonchev–Trinajstić information content (AvgIpc) is 2.45. The molecular formula is C15H20F2N2O. The number of benzene rings is 1. The number of likely N-dealkylation sites (tertiary alicyclic amines) is 1. The van der Waals surface area contributed by atoms with Crippen molar-refractivity contribution in [2.75, 3.05) is 26.2 Å². The molecule has 1 N–H and O–H groups in total. The van der Waals surface area contributed by atoms with Crippen LogP contribution in [0.3, 0.4) is 0 Å². The number of piperidine rings is 1. The molecule has 1 amide bonds. The first-order valence-electron chi connectivity index (χ1n) is 7.07. The van der Waals surface area contributed by atoms with Gasteiger partial charge in [-0.2, -0.15) is 0 Å². The minimum absolute atomic E-state index is 0.0449. The van der Waals surface area contributed by atoms with E-state index in [1.54, 1.807) is 4.90 Å². The molecule has 0 bridgehead atoms. The number of nitrogens with zero attached hydrogens (tertiary/aromatic N) is 1. The maximum Gasteiger partial charge on any atom is 0.256 e. The summed E-state index contributed by atoms with van der Waals surface area (Å²) in [5.41, 5.74) is -0.0449. The molecule has 0 saturated carbocycles. The lowest BCUT2D eigenvalue weighted by Crippen LogP contribution is -2.41. The molecule has 0 spiro atoms. The summed E-state index contributed by atoms with van der Waals surface area (Å²) in [5, 5.41) is 3.30. The first-order valence-corrected chi connectivity index (χ1v) is 7.07. The standard InChI is InChI=1S/C15H20F2N2O/c1-2-18-10-11-5-7-19(8-6-11)15(20)13-4-3-12(16)9-14(13)17/h3-4,9,11,18H,2,5-8,10H2,1H3. The van der Waals surface area contributed by atoms with Gasteiger partial charge in [0.1, 0.15) is 11.6 Å². The molecule has 20 heavy (non-hydrogen) atoms. The summed E-state index contributed by atoms with van der Waals surface area (Å²) in [4.78, 5) is 13.9. The third kappa shape index (κ3) is 3.54. The van der Waals surface area contributed by atoms with E-state index in [2.05, 4.69) is 12.2 Å². The minimum Gasteiger partial charge on any atom is -0.339 e. The Morgan fingerprint density at radius 1 is 1.35 bits per heavy atom. The van der Waals surface area contributed by atoms with E-state index >= 15 is 0 Å². The van der Waals surface area contributed by atoms with Crippen LogP contribution in [0.4, 0.5) is 8.78 Å². The summed E-state index contributed by atoms with van der Waals surface area (Å²) in [6.07, 6.45) is 1.84. The van der Waals surface area contributed by atoms with Crippen molar-refractivity contribution in [3.05, 3.63) is 35.4 Å². The predicted molar refractivity (Wildman–Crippen MR) is 73.5 cm³/mol. The lowest BCUT2D eigenvalue weighted by Gasteiger charge is -2.32. The lowest BCUT2D eigenvalue weighted by atomic mass is 9.96. The Morgan fingerprint density at radius 3 is 2.65 bits per heavy atom. The predicted octanol–water partition coefficient (Wildman–Crippen LogP) is 2.43. The average molecular weight is 282 g/mol. The molecule has 110 valence electrons. The Labute approximate surface area is 118 Å². The molecule has 1 fully saturated rings. The van der Waals surface area contributed by atoms with Gasteiger partial charge in [0.25, 0.3) is 5.91 Å². The second-order valence-electron chi connectivity index (χ2n) is 5.17. The quantitative estimate of drug-likeness (QED) is 0.920. The number of hydrogen-bond acceptors (Lipinski definition) is 2. The van der Waals surface area contributed by atoms with E-state index < -0.39 is 11.6 Å². The maximum atomic E-state index is 13.6. The fourth-order valence-corrected chi connectivity index (χ4v) is 2.52. The van der Waals surface area contributed by atoms with Crippen LogP contribution in [0, 0.1) is 17.6 Å². The highest BCUT2D eigenvalue weighted by Crippen LogP contribution is 2.20. The van der Waals surface area contributed by atoms with Crippen molar-refractivity contribution >= 4 is 5.91 Å². The Morgan fingerprint density at radius 2 is 2.05 bits per heavy atom. The van der Waals surface area contributed by atoms with Crippen molar-refractivity contribution in [2.45, 2.75) is 19.8 Å². The van der Waals surface area contributed by atoms with E-state index in [9.17, 15) is 13.6 Å². The van der Waals surface area contributed by atoms with Crippen molar-refractivity contribution in [2.24, 2.45) is 5.92 Å². The third-order valence-electron chi connectivity index (χ3n) is 3.75. The molecule has 1 aromatic rings. The lowest BCUT2D eigenvalue weighted by molar-refractivity contribution is 0.0685. The zero-order chi connectivity index (χ0) is 14.5. The summed E-state index contributed by atoms with van der Waals surface area (Å²) in [6.45, 7) is 5.23. The van der Waals surface area contributed by atoms with Gasteiger partial charge in [0.15, 0.2) is 0 Å². The van der Waals surface area contributed by atoms with Crippen molar-refractivity contribution in [3.8, 4) is 0 Å². The summed E-state index contributed by atoms with van der Waals surface area (Å²) in [6, 6.07) is 3.09. The zero-order valence-corrected chi connectivity index (χ0v) is 11.7. The molecule has 5 heteroatoms. The number of nitrogens with one attached hydrogen (secondary N) is 1. The molecular weight excluding hydrogens is 262 g/mol. The highest BCUT2D eigenvalue weighted by atomic mass is 19.1. The fraction of sp³-hybridized carbons (Fsp3) is 0.533. The zero-order valence-electron chi connectivity index (χ0n) is 11.7. The largest absolute Gasteiger partial charge is 0.339 e. The van der Waals surface area contributed by atoms with Gasteiger partial charge in [-0.25, -0.2) is 8.78 Å². The van der Waals surface area contributed by atoms with E-state index in [0.717, 1.165) is 38.1 Å². The highest BCUT2D eigenvalue weighted by molar-refractivity contribution is 5.94. The van der Waals surface area contributed by atoms with E-state index in [-0.39, 0.29) is 11.5 Å². The van der Waals surface area contributed by atoms with Gasteiger partial charge in [0.2, 0.25) is 0 Å². The molecule has 0 aliphatic carbocycles. The molecule has 1 aromatic carbocycles. The summed E-state index contributed by atoms with van der Waals surface area (Å²) in [7, 11) is 0. The monoisotopic (exact) mass is 282 g/mol. The van der Waals surface area contributed by atoms with Crippen LogP contribution < -0.4 is 5.32 Å². The molecule has 0 atom stereocenters. The Hall–Kier alpha value is -1.49. The van der Waals surface area contributed by atoms with Crippen LogP contribution in [-0.2, 0) is 0 Å². The first-order chi connectivity index (χ1) is 9.61. The van der Waals surface area contributed by atoms with Gasteiger partial charge < -0.3 is 10.2 Å². The molecule has 1 saturated heterocycles. The molecule has 1 aliphatic heterocycles. The number of carbonyl (C=O) groups excluding carboxylic acids is 1. The number of carbonyl (C=O) groups is 1. The van der Waals surface area contributed by atoms with Crippen molar-refractivity contribution in [1.29, 1.82) is 0 Å². The van der Waals surface area contributed by atoms with Crippen LogP contribution >= 0.6 is 0 Å². The molecule has 2 rings (SSSR count). The molecule has 0 radical (unpaired) electrons. The second-order valence-corrected chi connectivity index (χ2v) is 5.17. The summed E-state index contributed by atoms with van der Waals surface area (Å²) >= 11 is 0. The van der Waals surface area contributed by atoms with Gasteiger partial charge in [-0.3, -0.25) is 4.79 Å². The van der Waals surface area contributed by atoms with Gasteiger partial charge in [-0.05, 0) is 44.0 Å². The van der Waals surface area contributed by atoms with Gasteiger partial charge in [0, 0.05) is 19.2 Å². The highest BCUT2D eigenvalue weighted by Gasteiger charge is 2.25. The Kier molecular flexibility index (Phi) is 5.06. The van der Waals surface area contributed by atoms with Gasteiger partial charge in [-0.15, -0.1) is 0 Å². The van der Waals surface area contributed by atoms with E-state index in [1.807, 2.05) is 0 Å². The van der Waals surface area contributed by atoms with E-state index in [1.165, 1.54) is 6.07 Å². The number of halogens is 2. The molecule has 0 aromatic heterocycles. The van der Waals surface area contributed by atoms with Crippen molar-refractivity contribution < 1.29 is 13.6 Å². The van der Waals surface area contributed by atoms with Crippen LogP contribution in [0.2, 0.25) is 0 Å². The van der Waals surface area contributed by atoms with Gasteiger partial charge in [-0.1, -0.05) is 6.92 Å². The maximum absolute atomic E-state index is 13.6. The normalized spacial score (nSPS) is 16.4. The van der Waals surface area contributed by atoms with E-state index in [4.69, 9.17) is 0 Å². The SMILES string of the molecule is CCNCC1CCN(C(=O)c2ccc(F)cc2F)CC1. The summed E-state index contributed by atoms with van der Waals surface area (Å²) < 4.78 is 26.5. The Bertz CT molecular complexity index is 471. The molecule has 1 heterocycles. The fourth-order valence-electron chi connectivity index (χ4n) is 2.52. The van der Waals surface area contributed by atoms with Crippen LogP contribution in [-0.4, -0.2) is 37.0 Å². The first kappa shape index (κ1) is 14.9. The smallest absolute Gasteiger partial charge is 0.256 e. The molecule has 1 aliphatic rings.